The van der Waals surface area contributed by atoms with Gasteiger partial charge >= 0.3 is 5.69 Å². The first-order valence-electron chi connectivity index (χ1n) is 5.63. The molecule has 0 spiro atoms. The SMILES string of the molecule is CC(C)C(CS)COc1cc(Cl)ccc1[N+](=O)[O-]. The van der Waals surface area contributed by atoms with Crippen molar-refractivity contribution in [2.24, 2.45) is 11.8 Å². The molecule has 0 saturated heterocycles. The first kappa shape index (κ1) is 15.1. The first-order valence-corrected chi connectivity index (χ1v) is 6.64. The van der Waals surface area contributed by atoms with Crippen LogP contribution in [-0.4, -0.2) is 17.3 Å². The van der Waals surface area contributed by atoms with Crippen molar-refractivity contribution in [1.82, 2.24) is 0 Å². The maximum atomic E-state index is 10.8. The smallest absolute Gasteiger partial charge is 0.311 e. The lowest BCUT2D eigenvalue weighted by molar-refractivity contribution is -0.385. The van der Waals surface area contributed by atoms with E-state index < -0.39 is 4.92 Å². The molecule has 0 amide bonds. The van der Waals surface area contributed by atoms with Crippen molar-refractivity contribution in [2.45, 2.75) is 13.8 Å². The fraction of sp³-hybridized carbons (Fsp3) is 0.500. The molecule has 4 nitrogen and oxygen atoms in total. The molecule has 0 bridgehead atoms. The van der Waals surface area contributed by atoms with E-state index in [1.54, 1.807) is 0 Å². The topological polar surface area (TPSA) is 52.4 Å². The van der Waals surface area contributed by atoms with Crippen LogP contribution in [0.3, 0.4) is 0 Å². The van der Waals surface area contributed by atoms with E-state index in [1.807, 2.05) is 0 Å². The molecule has 0 aliphatic carbocycles. The average Bonchev–Trinajstić information content (AvgIpc) is 2.29. The minimum absolute atomic E-state index is 0.0685. The summed E-state index contributed by atoms with van der Waals surface area (Å²) in [6.07, 6.45) is 0. The summed E-state index contributed by atoms with van der Waals surface area (Å²) < 4.78 is 5.52. The lowest BCUT2D eigenvalue weighted by Crippen LogP contribution is -2.19. The maximum absolute atomic E-state index is 10.8. The third kappa shape index (κ3) is 4.07. The van der Waals surface area contributed by atoms with Gasteiger partial charge in [-0.3, -0.25) is 10.1 Å². The molecule has 0 heterocycles. The predicted octanol–water partition coefficient (Wildman–Crippen LogP) is 3.83. The quantitative estimate of drug-likeness (QED) is 0.492. The highest BCUT2D eigenvalue weighted by Gasteiger charge is 2.18. The van der Waals surface area contributed by atoms with Crippen LogP contribution in [0.15, 0.2) is 18.2 Å². The summed E-state index contributed by atoms with van der Waals surface area (Å²) in [6.45, 7) is 4.52. The van der Waals surface area contributed by atoms with Crippen LogP contribution >= 0.6 is 24.2 Å². The number of nitro groups is 1. The van der Waals surface area contributed by atoms with Crippen LogP contribution in [0.4, 0.5) is 5.69 Å². The van der Waals surface area contributed by atoms with Gasteiger partial charge in [-0.25, -0.2) is 0 Å². The normalized spacial score (nSPS) is 12.5. The maximum Gasteiger partial charge on any atom is 0.311 e. The molecule has 0 N–H and O–H groups in total. The molecule has 1 rings (SSSR count). The fourth-order valence-corrected chi connectivity index (χ4v) is 2.10. The molecule has 1 atom stereocenters. The number of benzene rings is 1. The van der Waals surface area contributed by atoms with Gasteiger partial charge in [0.2, 0.25) is 0 Å². The summed E-state index contributed by atoms with van der Waals surface area (Å²) in [6, 6.07) is 4.30. The predicted molar refractivity (Wildman–Crippen MR) is 75.8 cm³/mol. The summed E-state index contributed by atoms with van der Waals surface area (Å²) in [5.74, 6) is 1.53. The molecule has 0 aromatic heterocycles. The molecule has 100 valence electrons. The third-order valence-corrected chi connectivity index (χ3v) is 3.45. The third-order valence-electron chi connectivity index (χ3n) is 2.75. The number of hydrogen-bond donors (Lipinski definition) is 1. The highest BCUT2D eigenvalue weighted by molar-refractivity contribution is 7.80. The second-order valence-electron chi connectivity index (χ2n) is 4.37. The van der Waals surface area contributed by atoms with Crippen LogP contribution in [0.25, 0.3) is 0 Å². The fourth-order valence-electron chi connectivity index (χ4n) is 1.41. The van der Waals surface area contributed by atoms with Crippen LogP contribution in [0, 0.1) is 22.0 Å². The molecular weight excluding hydrogens is 274 g/mol. The molecule has 1 aromatic carbocycles. The Morgan fingerprint density at radius 3 is 2.67 bits per heavy atom. The zero-order valence-corrected chi connectivity index (χ0v) is 11.9. The van der Waals surface area contributed by atoms with Crippen LogP contribution < -0.4 is 4.74 Å². The molecule has 1 aromatic rings. The number of nitrogens with zero attached hydrogens (tertiary/aromatic N) is 1. The monoisotopic (exact) mass is 289 g/mol. The lowest BCUT2D eigenvalue weighted by atomic mass is 9.99. The van der Waals surface area contributed by atoms with Crippen molar-refractivity contribution in [3.8, 4) is 5.75 Å². The molecule has 0 saturated carbocycles. The zero-order chi connectivity index (χ0) is 13.7. The molecule has 18 heavy (non-hydrogen) atoms. The second-order valence-corrected chi connectivity index (χ2v) is 5.17. The Morgan fingerprint density at radius 2 is 2.17 bits per heavy atom. The summed E-state index contributed by atoms with van der Waals surface area (Å²) in [5, 5.41) is 11.3. The van der Waals surface area contributed by atoms with Gasteiger partial charge in [0.15, 0.2) is 5.75 Å². The number of halogens is 1. The Bertz CT molecular complexity index is 426. The van der Waals surface area contributed by atoms with Crippen molar-refractivity contribution in [3.63, 3.8) is 0 Å². The molecule has 6 heteroatoms. The van der Waals surface area contributed by atoms with Gasteiger partial charge in [0.1, 0.15) is 0 Å². The molecule has 0 aliphatic heterocycles. The molecule has 0 radical (unpaired) electrons. The van der Waals surface area contributed by atoms with Gasteiger partial charge in [-0.15, -0.1) is 0 Å². The second kappa shape index (κ2) is 6.85. The van der Waals surface area contributed by atoms with Gasteiger partial charge in [-0.05, 0) is 17.7 Å². The van der Waals surface area contributed by atoms with Crippen LogP contribution in [0.1, 0.15) is 13.8 Å². The average molecular weight is 290 g/mol. The van der Waals surface area contributed by atoms with Crippen LogP contribution in [0.5, 0.6) is 5.75 Å². The van der Waals surface area contributed by atoms with Gasteiger partial charge in [0.25, 0.3) is 0 Å². The lowest BCUT2D eigenvalue weighted by Gasteiger charge is -2.18. The van der Waals surface area contributed by atoms with Crippen molar-refractivity contribution in [2.75, 3.05) is 12.4 Å². The standard InChI is InChI=1S/C12H16ClNO3S/c1-8(2)9(7-18)6-17-12-5-10(13)3-4-11(12)14(15)16/h3-5,8-9,18H,6-7H2,1-2H3. The van der Waals surface area contributed by atoms with E-state index in [2.05, 4.69) is 26.5 Å². The van der Waals surface area contributed by atoms with E-state index in [4.69, 9.17) is 16.3 Å². The van der Waals surface area contributed by atoms with Crippen molar-refractivity contribution in [1.29, 1.82) is 0 Å². The number of thiol groups is 1. The van der Waals surface area contributed by atoms with Gasteiger partial charge in [0.05, 0.1) is 11.5 Å². The van der Waals surface area contributed by atoms with E-state index in [0.717, 1.165) is 0 Å². The van der Waals surface area contributed by atoms with E-state index in [0.29, 0.717) is 23.3 Å². The van der Waals surface area contributed by atoms with Crippen LogP contribution in [-0.2, 0) is 0 Å². The van der Waals surface area contributed by atoms with Gasteiger partial charge < -0.3 is 4.74 Å². The largest absolute Gasteiger partial charge is 0.486 e. The summed E-state index contributed by atoms with van der Waals surface area (Å²) >= 11 is 10.1. The minimum atomic E-state index is -0.475. The molecule has 0 aliphatic rings. The summed E-state index contributed by atoms with van der Waals surface area (Å²) in [7, 11) is 0. The Morgan fingerprint density at radius 1 is 1.50 bits per heavy atom. The van der Waals surface area contributed by atoms with Crippen LogP contribution in [0.2, 0.25) is 5.02 Å². The van der Waals surface area contributed by atoms with Gasteiger partial charge in [-0.2, -0.15) is 12.6 Å². The van der Waals surface area contributed by atoms with Gasteiger partial charge in [-0.1, -0.05) is 25.4 Å². The number of nitro benzene ring substituents is 1. The number of ether oxygens (including phenoxy) is 1. The molecular formula is C12H16ClNO3S. The minimum Gasteiger partial charge on any atom is -0.486 e. The summed E-state index contributed by atoms with van der Waals surface area (Å²) in [5.41, 5.74) is -0.0685. The van der Waals surface area contributed by atoms with E-state index >= 15 is 0 Å². The highest BCUT2D eigenvalue weighted by Crippen LogP contribution is 2.30. The molecule has 1 unspecified atom stereocenters. The number of rotatable bonds is 6. The van der Waals surface area contributed by atoms with Crippen molar-refractivity contribution < 1.29 is 9.66 Å². The van der Waals surface area contributed by atoms with Crippen molar-refractivity contribution >= 4 is 29.9 Å². The van der Waals surface area contributed by atoms with E-state index in [-0.39, 0.29) is 17.4 Å². The zero-order valence-electron chi connectivity index (χ0n) is 10.3. The first-order chi connectivity index (χ1) is 8.45. The Labute approximate surface area is 117 Å². The molecule has 0 fully saturated rings. The van der Waals surface area contributed by atoms with E-state index in [1.165, 1.54) is 18.2 Å². The Hall–Kier alpha value is -0.940. The van der Waals surface area contributed by atoms with E-state index in [9.17, 15) is 10.1 Å². The number of hydrogen-bond acceptors (Lipinski definition) is 4. The Balaban J connectivity index is 2.83. The van der Waals surface area contributed by atoms with Crippen molar-refractivity contribution in [3.05, 3.63) is 33.3 Å². The summed E-state index contributed by atoms with van der Waals surface area (Å²) in [4.78, 5) is 10.4. The Kier molecular flexibility index (Phi) is 5.75. The van der Waals surface area contributed by atoms with Gasteiger partial charge in [0, 0.05) is 23.1 Å². The highest BCUT2D eigenvalue weighted by atomic mass is 35.5.